The van der Waals surface area contributed by atoms with E-state index in [4.69, 9.17) is 27.9 Å². The number of nitrogens with one attached hydrogen (secondary N) is 1. The Morgan fingerprint density at radius 1 is 1.12 bits per heavy atom. The zero-order valence-electron chi connectivity index (χ0n) is 12.5. The van der Waals surface area contributed by atoms with Crippen molar-refractivity contribution < 1.29 is 17.9 Å². The molecule has 1 aromatic carbocycles. The second-order valence-electron chi connectivity index (χ2n) is 4.83. The number of aromatic amines is 1. The monoisotopic (exact) mass is 408 g/mol. The number of hydrogen-bond acceptors (Lipinski definition) is 5. The molecular formula is C14H9Cl2F3N4OS. The van der Waals surface area contributed by atoms with Gasteiger partial charge in [-0.3, -0.25) is 0 Å². The van der Waals surface area contributed by atoms with Crippen molar-refractivity contribution in [3.05, 3.63) is 39.9 Å². The Morgan fingerprint density at radius 3 is 2.52 bits per heavy atom. The van der Waals surface area contributed by atoms with Gasteiger partial charge < -0.3 is 9.72 Å². The van der Waals surface area contributed by atoms with Gasteiger partial charge in [0.15, 0.2) is 0 Å². The number of halogens is 5. The van der Waals surface area contributed by atoms with Crippen LogP contribution < -0.4 is 4.74 Å². The van der Waals surface area contributed by atoms with Gasteiger partial charge in [0.25, 0.3) is 0 Å². The number of benzene rings is 1. The van der Waals surface area contributed by atoms with Crippen molar-refractivity contribution in [2.24, 2.45) is 0 Å². The van der Waals surface area contributed by atoms with Crippen LogP contribution in [0.2, 0.25) is 10.0 Å². The summed E-state index contributed by atoms with van der Waals surface area (Å²) in [4.78, 5) is 14.2. The van der Waals surface area contributed by atoms with Crippen LogP contribution in [0.1, 0.15) is 11.6 Å². The maximum atomic E-state index is 12.8. The zero-order valence-corrected chi connectivity index (χ0v) is 14.8. The highest BCUT2D eigenvalue weighted by molar-refractivity contribution is 7.98. The first-order valence-electron chi connectivity index (χ1n) is 6.73. The smallest absolute Gasteiger partial charge is 0.451 e. The van der Waals surface area contributed by atoms with Gasteiger partial charge in [0.05, 0.1) is 33.9 Å². The van der Waals surface area contributed by atoms with Crippen molar-refractivity contribution in [1.82, 2.24) is 19.9 Å². The summed E-state index contributed by atoms with van der Waals surface area (Å²) in [5.74, 6) is -0.600. The quantitative estimate of drug-likeness (QED) is 0.487. The molecule has 0 radical (unpaired) electrons. The average molecular weight is 409 g/mol. The molecular weight excluding hydrogens is 400 g/mol. The van der Waals surface area contributed by atoms with Crippen LogP contribution in [0.15, 0.2) is 23.2 Å². The van der Waals surface area contributed by atoms with E-state index in [2.05, 4.69) is 19.9 Å². The van der Waals surface area contributed by atoms with E-state index in [-0.39, 0.29) is 16.7 Å². The van der Waals surface area contributed by atoms with Crippen molar-refractivity contribution in [2.75, 3.05) is 7.11 Å². The number of imidazole rings is 1. The van der Waals surface area contributed by atoms with Crippen LogP contribution in [-0.4, -0.2) is 27.0 Å². The first kappa shape index (κ1) is 18.1. The Labute approximate surface area is 153 Å². The first-order chi connectivity index (χ1) is 11.8. The molecule has 0 saturated heterocycles. The molecule has 0 amide bonds. The predicted molar refractivity (Wildman–Crippen MR) is 89.3 cm³/mol. The lowest BCUT2D eigenvalue weighted by Crippen LogP contribution is -2.12. The van der Waals surface area contributed by atoms with E-state index in [0.29, 0.717) is 26.9 Å². The van der Waals surface area contributed by atoms with Crippen LogP contribution in [0.25, 0.3) is 11.0 Å². The molecule has 0 fully saturated rings. The van der Waals surface area contributed by atoms with Crippen molar-refractivity contribution >= 4 is 46.0 Å². The number of nitrogens with zero attached hydrogens (tertiary/aromatic N) is 3. The molecule has 25 heavy (non-hydrogen) atoms. The minimum absolute atomic E-state index is 0.121. The minimum atomic E-state index is -4.66. The normalized spacial score (nSPS) is 11.9. The van der Waals surface area contributed by atoms with Gasteiger partial charge in [-0.05, 0) is 12.1 Å². The summed E-state index contributed by atoms with van der Waals surface area (Å²) in [6, 6.07) is 4.57. The number of ether oxygens (including phenoxy) is 1. The maximum Gasteiger partial charge on any atom is 0.451 e. The molecule has 0 atom stereocenters. The van der Waals surface area contributed by atoms with Crippen LogP contribution in [0, 0.1) is 0 Å². The van der Waals surface area contributed by atoms with Gasteiger partial charge in [-0.25, -0.2) is 9.97 Å². The van der Waals surface area contributed by atoms with E-state index < -0.39 is 12.0 Å². The standard InChI is InChI=1S/C14H9Cl2F3N4OS/c1-24-11-4-12(23-13(22-11)14(17,18)19)25-5-10-20-8-2-6(15)7(16)3-9(8)21-10/h2-4H,5H2,1H3,(H,20,21). The third-order valence-corrected chi connectivity index (χ3v) is 4.72. The SMILES string of the molecule is COc1cc(SCc2nc3cc(Cl)c(Cl)cc3[nH]2)nc(C(F)(F)F)n1. The third kappa shape index (κ3) is 4.10. The fourth-order valence-electron chi connectivity index (χ4n) is 1.98. The number of thioether (sulfide) groups is 1. The molecule has 3 aromatic rings. The number of fused-ring (bicyclic) bond motifs is 1. The van der Waals surface area contributed by atoms with Crippen LogP contribution in [0.5, 0.6) is 5.88 Å². The topological polar surface area (TPSA) is 63.7 Å². The molecule has 132 valence electrons. The number of aromatic nitrogens is 4. The number of H-pyrrole nitrogens is 1. The van der Waals surface area contributed by atoms with Gasteiger partial charge in [0.2, 0.25) is 11.7 Å². The summed E-state index contributed by atoms with van der Waals surface area (Å²) >= 11 is 12.9. The summed E-state index contributed by atoms with van der Waals surface area (Å²) in [5, 5.41) is 0.873. The Bertz CT molecular complexity index is 893. The van der Waals surface area contributed by atoms with E-state index in [9.17, 15) is 13.2 Å². The Hall–Kier alpha value is -1.71. The minimum Gasteiger partial charge on any atom is -0.481 e. The van der Waals surface area contributed by atoms with Gasteiger partial charge in [-0.1, -0.05) is 35.0 Å². The lowest BCUT2D eigenvalue weighted by molar-refractivity contribution is -0.145. The molecule has 0 aliphatic heterocycles. The molecule has 0 spiro atoms. The van der Waals surface area contributed by atoms with Crippen molar-refractivity contribution in [1.29, 1.82) is 0 Å². The fourth-order valence-corrected chi connectivity index (χ4v) is 3.06. The second-order valence-corrected chi connectivity index (χ2v) is 6.64. The summed E-state index contributed by atoms with van der Waals surface area (Å²) in [7, 11) is 1.24. The molecule has 5 nitrogen and oxygen atoms in total. The van der Waals surface area contributed by atoms with E-state index >= 15 is 0 Å². The van der Waals surface area contributed by atoms with E-state index in [0.717, 1.165) is 11.8 Å². The molecule has 3 rings (SSSR count). The highest BCUT2D eigenvalue weighted by atomic mass is 35.5. The van der Waals surface area contributed by atoms with E-state index in [1.165, 1.54) is 13.2 Å². The molecule has 0 saturated carbocycles. The molecule has 11 heteroatoms. The molecule has 0 aliphatic rings. The largest absolute Gasteiger partial charge is 0.481 e. The molecule has 0 bridgehead atoms. The Balaban J connectivity index is 1.83. The number of alkyl halides is 3. The zero-order chi connectivity index (χ0) is 18.2. The van der Waals surface area contributed by atoms with Gasteiger partial charge in [-0.2, -0.15) is 18.2 Å². The molecule has 0 unspecified atom stereocenters. The number of rotatable bonds is 4. The third-order valence-electron chi connectivity index (χ3n) is 3.07. The second kappa shape index (κ2) is 6.89. The molecule has 1 N–H and O–H groups in total. The predicted octanol–water partition coefficient (Wildman–Crippen LogP) is 4.98. The lowest BCUT2D eigenvalue weighted by atomic mass is 10.3. The Kier molecular flexibility index (Phi) is 4.99. The van der Waals surface area contributed by atoms with Crippen molar-refractivity contribution in [3.63, 3.8) is 0 Å². The first-order valence-corrected chi connectivity index (χ1v) is 8.47. The Morgan fingerprint density at radius 2 is 1.84 bits per heavy atom. The van der Waals surface area contributed by atoms with Gasteiger partial charge in [0, 0.05) is 6.07 Å². The average Bonchev–Trinajstić information content (AvgIpc) is 2.94. The maximum absolute atomic E-state index is 12.8. The van der Waals surface area contributed by atoms with Crippen LogP contribution in [0.3, 0.4) is 0 Å². The lowest BCUT2D eigenvalue weighted by Gasteiger charge is -2.08. The van der Waals surface area contributed by atoms with Crippen molar-refractivity contribution in [2.45, 2.75) is 17.0 Å². The van der Waals surface area contributed by atoms with Gasteiger partial charge in [-0.15, -0.1) is 0 Å². The van der Waals surface area contributed by atoms with Crippen molar-refractivity contribution in [3.8, 4) is 5.88 Å². The number of methoxy groups -OCH3 is 1. The van der Waals surface area contributed by atoms with Crippen LogP contribution in [0.4, 0.5) is 13.2 Å². The summed E-state index contributed by atoms with van der Waals surface area (Å²) in [6.07, 6.45) is -4.66. The molecule has 0 aliphatic carbocycles. The number of hydrogen-bond donors (Lipinski definition) is 1. The summed E-state index contributed by atoms with van der Waals surface area (Å²) in [6.45, 7) is 0. The van der Waals surface area contributed by atoms with Gasteiger partial charge in [0.1, 0.15) is 10.9 Å². The summed E-state index contributed by atoms with van der Waals surface area (Å²) < 4.78 is 43.3. The molecule has 2 aromatic heterocycles. The summed E-state index contributed by atoms with van der Waals surface area (Å²) in [5.41, 5.74) is 1.29. The highest BCUT2D eigenvalue weighted by Gasteiger charge is 2.35. The van der Waals surface area contributed by atoms with E-state index in [1.807, 2.05) is 0 Å². The van der Waals surface area contributed by atoms with E-state index in [1.54, 1.807) is 12.1 Å². The molecule has 2 heterocycles. The van der Waals surface area contributed by atoms with Gasteiger partial charge >= 0.3 is 6.18 Å². The van der Waals surface area contributed by atoms with Crippen LogP contribution in [-0.2, 0) is 11.9 Å². The highest BCUT2D eigenvalue weighted by Crippen LogP contribution is 2.32. The van der Waals surface area contributed by atoms with Crippen LogP contribution >= 0.6 is 35.0 Å². The fraction of sp³-hybridized carbons (Fsp3) is 0.214.